The van der Waals surface area contributed by atoms with E-state index < -0.39 is 9.84 Å². The second-order valence-corrected chi connectivity index (χ2v) is 6.72. The van der Waals surface area contributed by atoms with Gasteiger partial charge in [0.15, 0.2) is 0 Å². The SMILES string of the molecule is CC(C1CNCCO1)N(C)CCS(C)(=O)=O. The Hall–Kier alpha value is -0.170. The van der Waals surface area contributed by atoms with Gasteiger partial charge in [0.25, 0.3) is 0 Å². The van der Waals surface area contributed by atoms with Gasteiger partial charge in [0.1, 0.15) is 9.84 Å². The van der Waals surface area contributed by atoms with Crippen LogP contribution in [0.15, 0.2) is 0 Å². The van der Waals surface area contributed by atoms with Gasteiger partial charge in [0.05, 0.1) is 18.5 Å². The Bertz CT molecular complexity index is 299. The molecule has 2 unspecified atom stereocenters. The van der Waals surface area contributed by atoms with Crippen LogP contribution in [0.1, 0.15) is 6.92 Å². The number of morpholine rings is 1. The third kappa shape index (κ3) is 4.78. The summed E-state index contributed by atoms with van der Waals surface area (Å²) in [7, 11) is -0.943. The van der Waals surface area contributed by atoms with Gasteiger partial charge in [-0.1, -0.05) is 0 Å². The van der Waals surface area contributed by atoms with Crippen LogP contribution in [0.3, 0.4) is 0 Å². The van der Waals surface area contributed by atoms with Crippen molar-refractivity contribution in [2.45, 2.75) is 19.1 Å². The maximum absolute atomic E-state index is 11.1. The molecule has 1 aliphatic heterocycles. The quantitative estimate of drug-likeness (QED) is 0.702. The summed E-state index contributed by atoms with van der Waals surface area (Å²) in [5.74, 6) is 0.202. The van der Waals surface area contributed by atoms with E-state index in [4.69, 9.17) is 4.74 Å². The lowest BCUT2D eigenvalue weighted by Gasteiger charge is -2.34. The highest BCUT2D eigenvalue weighted by Gasteiger charge is 2.24. The minimum atomic E-state index is -2.88. The van der Waals surface area contributed by atoms with E-state index in [0.717, 1.165) is 19.7 Å². The fourth-order valence-electron chi connectivity index (χ4n) is 1.69. The number of likely N-dealkylation sites (N-methyl/N-ethyl adjacent to an activating group) is 1. The summed E-state index contributed by atoms with van der Waals surface area (Å²) in [5, 5.41) is 3.27. The first kappa shape index (κ1) is 13.9. The Labute approximate surface area is 98.1 Å². The van der Waals surface area contributed by atoms with Gasteiger partial charge < -0.3 is 15.0 Å². The molecule has 0 aliphatic carbocycles. The first-order chi connectivity index (χ1) is 7.40. The van der Waals surface area contributed by atoms with Gasteiger partial charge in [-0.15, -0.1) is 0 Å². The molecule has 0 amide bonds. The summed E-state index contributed by atoms with van der Waals surface area (Å²) < 4.78 is 27.8. The minimum absolute atomic E-state index is 0.151. The Morgan fingerprint density at radius 1 is 1.56 bits per heavy atom. The number of ether oxygens (including phenoxy) is 1. The number of hydrogen-bond donors (Lipinski definition) is 1. The predicted molar refractivity (Wildman–Crippen MR) is 64.4 cm³/mol. The van der Waals surface area contributed by atoms with E-state index >= 15 is 0 Å². The monoisotopic (exact) mass is 250 g/mol. The van der Waals surface area contributed by atoms with Crippen LogP contribution in [0.4, 0.5) is 0 Å². The van der Waals surface area contributed by atoms with E-state index in [-0.39, 0.29) is 17.9 Å². The van der Waals surface area contributed by atoms with Crippen LogP contribution in [0.25, 0.3) is 0 Å². The van der Waals surface area contributed by atoms with Crippen LogP contribution in [0, 0.1) is 0 Å². The van der Waals surface area contributed by atoms with Crippen LogP contribution < -0.4 is 5.32 Å². The number of nitrogens with one attached hydrogen (secondary N) is 1. The Morgan fingerprint density at radius 2 is 2.25 bits per heavy atom. The molecular formula is C10H22N2O3S. The molecule has 5 nitrogen and oxygen atoms in total. The van der Waals surface area contributed by atoms with E-state index in [1.54, 1.807) is 0 Å². The van der Waals surface area contributed by atoms with Gasteiger partial charge >= 0.3 is 0 Å². The van der Waals surface area contributed by atoms with Gasteiger partial charge in [-0.25, -0.2) is 8.42 Å². The van der Waals surface area contributed by atoms with Crippen LogP contribution in [0.2, 0.25) is 0 Å². The van der Waals surface area contributed by atoms with Crippen LogP contribution in [0.5, 0.6) is 0 Å². The summed E-state index contributed by atoms with van der Waals surface area (Å²) >= 11 is 0. The molecule has 1 saturated heterocycles. The van der Waals surface area contributed by atoms with Crippen molar-refractivity contribution < 1.29 is 13.2 Å². The number of rotatable bonds is 5. The summed E-state index contributed by atoms with van der Waals surface area (Å²) in [4.78, 5) is 2.04. The molecular weight excluding hydrogens is 228 g/mol. The lowest BCUT2D eigenvalue weighted by molar-refractivity contribution is -0.0187. The number of sulfone groups is 1. The van der Waals surface area contributed by atoms with Gasteiger partial charge in [0, 0.05) is 31.9 Å². The maximum Gasteiger partial charge on any atom is 0.148 e. The van der Waals surface area contributed by atoms with E-state index in [9.17, 15) is 8.42 Å². The van der Waals surface area contributed by atoms with Gasteiger partial charge in [0.2, 0.25) is 0 Å². The molecule has 1 heterocycles. The Kier molecular flexibility index (Phi) is 5.17. The highest BCUT2D eigenvalue weighted by Crippen LogP contribution is 2.08. The van der Waals surface area contributed by atoms with Gasteiger partial charge in [-0.3, -0.25) is 0 Å². The zero-order valence-electron chi connectivity index (χ0n) is 10.3. The van der Waals surface area contributed by atoms with Gasteiger partial charge in [-0.2, -0.15) is 0 Å². The smallest absolute Gasteiger partial charge is 0.148 e. The van der Waals surface area contributed by atoms with Crippen molar-refractivity contribution in [2.24, 2.45) is 0 Å². The van der Waals surface area contributed by atoms with E-state index in [2.05, 4.69) is 12.2 Å². The van der Waals surface area contributed by atoms with Crippen molar-refractivity contribution in [3.63, 3.8) is 0 Å². The van der Waals surface area contributed by atoms with Crippen LogP contribution in [-0.4, -0.2) is 70.8 Å². The second kappa shape index (κ2) is 5.95. The van der Waals surface area contributed by atoms with Crippen molar-refractivity contribution in [3.8, 4) is 0 Å². The first-order valence-electron chi connectivity index (χ1n) is 5.60. The highest BCUT2D eigenvalue weighted by atomic mass is 32.2. The Balaban J connectivity index is 2.37. The minimum Gasteiger partial charge on any atom is -0.374 e. The predicted octanol–water partition coefficient (Wildman–Crippen LogP) is -0.660. The summed E-state index contributed by atoms with van der Waals surface area (Å²) in [5.41, 5.74) is 0. The third-order valence-corrected chi connectivity index (χ3v) is 3.93. The molecule has 0 aromatic rings. The van der Waals surface area contributed by atoms with E-state index in [1.807, 2.05) is 11.9 Å². The second-order valence-electron chi connectivity index (χ2n) is 4.46. The largest absolute Gasteiger partial charge is 0.374 e. The molecule has 16 heavy (non-hydrogen) atoms. The zero-order valence-corrected chi connectivity index (χ0v) is 11.1. The van der Waals surface area contributed by atoms with E-state index in [1.165, 1.54) is 6.26 Å². The molecule has 96 valence electrons. The standard InChI is InChI=1S/C10H22N2O3S/c1-9(10-8-11-4-6-15-10)12(2)5-7-16(3,13)14/h9-11H,4-8H2,1-3H3. The summed E-state index contributed by atoms with van der Waals surface area (Å²) in [6.07, 6.45) is 1.42. The third-order valence-electron chi connectivity index (χ3n) is 3.00. The number of hydrogen-bond acceptors (Lipinski definition) is 5. The van der Waals surface area contributed by atoms with Crippen molar-refractivity contribution in [1.82, 2.24) is 10.2 Å². The molecule has 1 aliphatic rings. The molecule has 1 N–H and O–H groups in total. The lowest BCUT2D eigenvalue weighted by Crippen LogP contribution is -2.50. The average molecular weight is 250 g/mol. The van der Waals surface area contributed by atoms with Crippen molar-refractivity contribution >= 4 is 9.84 Å². The normalized spacial score (nSPS) is 24.6. The fourth-order valence-corrected chi connectivity index (χ4v) is 2.31. The maximum atomic E-state index is 11.1. The molecule has 6 heteroatoms. The zero-order chi connectivity index (χ0) is 12.2. The van der Waals surface area contributed by atoms with Crippen LogP contribution >= 0.6 is 0 Å². The molecule has 0 saturated carbocycles. The molecule has 0 aromatic carbocycles. The molecule has 0 spiro atoms. The molecule has 0 bridgehead atoms. The lowest BCUT2D eigenvalue weighted by atomic mass is 10.1. The molecule has 1 rings (SSSR count). The summed E-state index contributed by atoms with van der Waals surface area (Å²) in [6.45, 7) is 5.09. The molecule has 0 aromatic heterocycles. The molecule has 1 fully saturated rings. The summed E-state index contributed by atoms with van der Waals surface area (Å²) in [6, 6.07) is 0.231. The Morgan fingerprint density at radius 3 is 2.75 bits per heavy atom. The van der Waals surface area contributed by atoms with Gasteiger partial charge in [-0.05, 0) is 14.0 Å². The van der Waals surface area contributed by atoms with Crippen molar-refractivity contribution in [3.05, 3.63) is 0 Å². The topological polar surface area (TPSA) is 58.6 Å². The number of nitrogens with zero attached hydrogens (tertiary/aromatic N) is 1. The first-order valence-corrected chi connectivity index (χ1v) is 7.66. The molecule has 0 radical (unpaired) electrons. The van der Waals surface area contributed by atoms with Crippen LogP contribution in [-0.2, 0) is 14.6 Å². The van der Waals surface area contributed by atoms with E-state index in [0.29, 0.717) is 6.54 Å². The fraction of sp³-hybridized carbons (Fsp3) is 1.00. The van der Waals surface area contributed by atoms with Crippen molar-refractivity contribution in [2.75, 3.05) is 45.3 Å². The highest BCUT2D eigenvalue weighted by molar-refractivity contribution is 7.90. The van der Waals surface area contributed by atoms with Crippen molar-refractivity contribution in [1.29, 1.82) is 0 Å². The average Bonchev–Trinajstić information content (AvgIpc) is 2.25. The molecule has 2 atom stereocenters.